The minimum atomic E-state index is -0.257. The zero-order valence-corrected chi connectivity index (χ0v) is 18.1. The molecule has 0 atom stereocenters. The Morgan fingerprint density at radius 1 is 1.24 bits per heavy atom. The van der Waals surface area contributed by atoms with Crippen molar-refractivity contribution >= 4 is 28.3 Å². The second-order valence-electron chi connectivity index (χ2n) is 8.53. The van der Waals surface area contributed by atoms with E-state index in [1.807, 2.05) is 17.7 Å². The van der Waals surface area contributed by atoms with Gasteiger partial charge < -0.3 is 15.8 Å². The third-order valence-corrected chi connectivity index (χ3v) is 4.79. The molecule has 0 unspecified atom stereocenters. The van der Waals surface area contributed by atoms with Crippen LogP contribution in [0.4, 0.5) is 11.4 Å². The van der Waals surface area contributed by atoms with Crippen LogP contribution in [0, 0.1) is 6.92 Å². The number of nitrogens with two attached hydrogens (primary N) is 1. The Morgan fingerprint density at radius 3 is 2.48 bits per heavy atom. The molecule has 0 aliphatic carbocycles. The molecule has 2 aromatic heterocycles. The Hall–Kier alpha value is -3.09. The lowest BCUT2D eigenvalue weighted by Gasteiger charge is -2.20. The summed E-state index contributed by atoms with van der Waals surface area (Å²) in [4.78, 5) is 18.1. The van der Waals surface area contributed by atoms with Gasteiger partial charge in [-0.15, -0.1) is 0 Å². The fraction of sp³-hybridized carbons (Fsp3) is 0.409. The number of carbonyl (C=O) groups excluding carboxylic acids is 1. The van der Waals surface area contributed by atoms with Crippen LogP contribution in [-0.2, 0) is 5.54 Å². The van der Waals surface area contributed by atoms with Gasteiger partial charge in [0.25, 0.3) is 5.91 Å². The predicted octanol–water partition coefficient (Wildman–Crippen LogP) is 4.46. The topological polar surface area (TPSA) is 95.1 Å². The number of rotatable bonds is 4. The number of nitrogen functional groups attached to an aromatic ring is 1. The van der Waals surface area contributed by atoms with Crippen molar-refractivity contribution in [2.24, 2.45) is 0 Å². The maximum absolute atomic E-state index is 13.2. The molecule has 0 saturated carbocycles. The van der Waals surface area contributed by atoms with E-state index in [0.717, 1.165) is 22.4 Å². The zero-order chi connectivity index (χ0) is 21.5. The van der Waals surface area contributed by atoms with Crippen molar-refractivity contribution in [1.29, 1.82) is 0 Å². The summed E-state index contributed by atoms with van der Waals surface area (Å²) in [5.74, 6) is 0.519. The van der Waals surface area contributed by atoms with Gasteiger partial charge in [0.15, 0.2) is 5.65 Å². The third-order valence-electron chi connectivity index (χ3n) is 4.79. The number of carbonyl (C=O) groups is 1. The van der Waals surface area contributed by atoms with Crippen LogP contribution < -0.4 is 15.8 Å². The Kier molecular flexibility index (Phi) is 5.26. The first-order chi connectivity index (χ1) is 13.5. The Bertz CT molecular complexity index is 1080. The predicted molar refractivity (Wildman–Crippen MR) is 117 cm³/mol. The first-order valence-corrected chi connectivity index (χ1v) is 9.68. The number of nitrogens with zero attached hydrogens (tertiary/aromatic N) is 3. The number of anilines is 2. The number of pyridine rings is 1. The van der Waals surface area contributed by atoms with Gasteiger partial charge in [0.05, 0.1) is 35.0 Å². The van der Waals surface area contributed by atoms with Gasteiger partial charge in [-0.1, -0.05) is 13.8 Å². The Labute approximate surface area is 171 Å². The molecule has 3 aromatic rings. The van der Waals surface area contributed by atoms with Crippen molar-refractivity contribution in [2.45, 2.75) is 53.0 Å². The number of hydrogen-bond donors (Lipinski definition) is 2. The van der Waals surface area contributed by atoms with E-state index in [1.165, 1.54) is 0 Å². The normalized spacial score (nSPS) is 11.9. The van der Waals surface area contributed by atoms with Gasteiger partial charge in [0.2, 0.25) is 0 Å². The first kappa shape index (κ1) is 20.6. The summed E-state index contributed by atoms with van der Waals surface area (Å²) in [7, 11) is 1.56. The van der Waals surface area contributed by atoms with Crippen LogP contribution in [-0.4, -0.2) is 27.8 Å². The molecule has 0 radical (unpaired) electrons. The summed E-state index contributed by atoms with van der Waals surface area (Å²) in [5, 5.41) is 8.40. The van der Waals surface area contributed by atoms with Gasteiger partial charge in [-0.3, -0.25) is 4.79 Å². The Morgan fingerprint density at radius 2 is 1.93 bits per heavy atom. The molecule has 0 aliphatic heterocycles. The number of aryl methyl sites for hydroxylation is 1. The smallest absolute Gasteiger partial charge is 0.256 e. The molecule has 2 heterocycles. The summed E-state index contributed by atoms with van der Waals surface area (Å²) < 4.78 is 7.08. The van der Waals surface area contributed by atoms with E-state index in [9.17, 15) is 4.79 Å². The molecular weight excluding hydrogens is 366 g/mol. The number of amides is 1. The molecule has 154 valence electrons. The fourth-order valence-electron chi connectivity index (χ4n) is 3.26. The highest BCUT2D eigenvalue weighted by Crippen LogP contribution is 2.30. The van der Waals surface area contributed by atoms with Crippen LogP contribution in [0.1, 0.15) is 62.3 Å². The molecular formula is C22H29N5O2. The van der Waals surface area contributed by atoms with E-state index in [1.54, 1.807) is 25.3 Å². The summed E-state index contributed by atoms with van der Waals surface area (Å²) in [6.45, 7) is 12.2. The fourth-order valence-corrected chi connectivity index (χ4v) is 3.26. The minimum Gasteiger partial charge on any atom is -0.495 e. The zero-order valence-electron chi connectivity index (χ0n) is 18.1. The summed E-state index contributed by atoms with van der Waals surface area (Å²) in [5.41, 5.74) is 9.69. The number of methoxy groups -OCH3 is 1. The molecule has 0 aliphatic rings. The molecule has 7 nitrogen and oxygen atoms in total. The van der Waals surface area contributed by atoms with Crippen LogP contribution >= 0.6 is 0 Å². The maximum atomic E-state index is 13.2. The lowest BCUT2D eigenvalue weighted by atomic mass is 10.0. The van der Waals surface area contributed by atoms with Crippen LogP contribution in [0.15, 0.2) is 24.3 Å². The lowest BCUT2D eigenvalue weighted by Crippen LogP contribution is -2.24. The van der Waals surface area contributed by atoms with Crippen molar-refractivity contribution in [3.8, 4) is 5.75 Å². The van der Waals surface area contributed by atoms with Crippen molar-refractivity contribution in [2.75, 3.05) is 18.2 Å². The molecule has 3 rings (SSSR count). The van der Waals surface area contributed by atoms with Gasteiger partial charge in [0, 0.05) is 11.4 Å². The second kappa shape index (κ2) is 7.39. The number of benzene rings is 1. The van der Waals surface area contributed by atoms with Gasteiger partial charge in [-0.05, 0) is 57.9 Å². The van der Waals surface area contributed by atoms with Gasteiger partial charge in [-0.25, -0.2) is 9.67 Å². The highest BCUT2D eigenvalue weighted by molar-refractivity contribution is 6.12. The molecule has 1 aromatic carbocycles. The molecule has 7 heteroatoms. The van der Waals surface area contributed by atoms with Crippen molar-refractivity contribution in [3.63, 3.8) is 0 Å². The van der Waals surface area contributed by atoms with E-state index in [2.05, 4.69) is 45.0 Å². The number of aromatic nitrogens is 3. The molecule has 0 fully saturated rings. The first-order valence-electron chi connectivity index (χ1n) is 9.68. The van der Waals surface area contributed by atoms with Gasteiger partial charge in [0.1, 0.15) is 5.75 Å². The molecule has 0 spiro atoms. The van der Waals surface area contributed by atoms with Crippen LogP contribution in [0.2, 0.25) is 0 Å². The summed E-state index contributed by atoms with van der Waals surface area (Å²) in [6.07, 6.45) is 0. The van der Waals surface area contributed by atoms with E-state index in [0.29, 0.717) is 22.7 Å². The van der Waals surface area contributed by atoms with Crippen LogP contribution in [0.5, 0.6) is 5.75 Å². The largest absolute Gasteiger partial charge is 0.495 e. The number of fused-ring (bicyclic) bond motifs is 1. The summed E-state index contributed by atoms with van der Waals surface area (Å²) >= 11 is 0. The molecule has 3 N–H and O–H groups in total. The van der Waals surface area contributed by atoms with E-state index < -0.39 is 0 Å². The standard InChI is InChI=1S/C22H29N5O2/c1-12(2)17-11-15(19-13(3)26-27(20(19)25-17)22(4,5)6)21(28)24-14-8-9-18(29-7)16(23)10-14/h8-12H,23H2,1-7H3,(H,24,28). The van der Waals surface area contributed by atoms with Crippen molar-refractivity contribution < 1.29 is 9.53 Å². The monoisotopic (exact) mass is 395 g/mol. The van der Waals surface area contributed by atoms with Gasteiger partial charge in [-0.2, -0.15) is 5.10 Å². The maximum Gasteiger partial charge on any atom is 0.256 e. The Balaban J connectivity index is 2.13. The van der Waals surface area contributed by atoms with Crippen molar-refractivity contribution in [1.82, 2.24) is 14.8 Å². The van der Waals surface area contributed by atoms with Crippen LogP contribution in [0.3, 0.4) is 0 Å². The lowest BCUT2D eigenvalue weighted by molar-refractivity contribution is 0.102. The summed E-state index contributed by atoms with van der Waals surface area (Å²) in [6, 6.07) is 7.04. The van der Waals surface area contributed by atoms with Gasteiger partial charge >= 0.3 is 0 Å². The number of nitrogens with one attached hydrogen (secondary N) is 1. The highest BCUT2D eigenvalue weighted by atomic mass is 16.5. The quantitative estimate of drug-likeness (QED) is 0.636. The molecule has 0 saturated heterocycles. The average Bonchev–Trinajstić information content (AvgIpc) is 2.98. The molecule has 29 heavy (non-hydrogen) atoms. The average molecular weight is 396 g/mol. The van der Waals surface area contributed by atoms with E-state index in [4.69, 9.17) is 15.5 Å². The molecule has 0 bridgehead atoms. The van der Waals surface area contributed by atoms with E-state index >= 15 is 0 Å². The second-order valence-corrected chi connectivity index (χ2v) is 8.53. The number of hydrogen-bond acceptors (Lipinski definition) is 5. The number of ether oxygens (including phenoxy) is 1. The highest BCUT2D eigenvalue weighted by Gasteiger charge is 2.25. The molecule has 1 amide bonds. The third kappa shape index (κ3) is 3.90. The van der Waals surface area contributed by atoms with E-state index in [-0.39, 0.29) is 17.4 Å². The van der Waals surface area contributed by atoms with Crippen LogP contribution in [0.25, 0.3) is 11.0 Å². The van der Waals surface area contributed by atoms with Crippen molar-refractivity contribution in [3.05, 3.63) is 41.2 Å². The SMILES string of the molecule is COc1ccc(NC(=O)c2cc(C(C)C)nc3c2c(C)nn3C(C)(C)C)cc1N. The minimum absolute atomic E-state index is 0.172.